The number of carbonyl (C=O) groups is 1. The molecule has 0 spiro atoms. The van der Waals surface area contributed by atoms with Gasteiger partial charge in [-0.1, -0.05) is 32.9 Å². The molecular formula is C19H24N2O2S. The molecular weight excluding hydrogens is 320 g/mol. The molecule has 5 heteroatoms. The largest absolute Gasteiger partial charge is 0.507 e. The highest BCUT2D eigenvalue weighted by Crippen LogP contribution is 2.33. The summed E-state index contributed by atoms with van der Waals surface area (Å²) in [4.78, 5) is 18.9. The van der Waals surface area contributed by atoms with E-state index in [-0.39, 0.29) is 22.6 Å². The van der Waals surface area contributed by atoms with Crippen molar-refractivity contribution in [2.75, 3.05) is 0 Å². The number of hydrogen-bond acceptors (Lipinski definition) is 3. The predicted molar refractivity (Wildman–Crippen MR) is 96.5 cm³/mol. The van der Waals surface area contributed by atoms with Gasteiger partial charge in [0.05, 0.1) is 5.56 Å². The van der Waals surface area contributed by atoms with Crippen LogP contribution in [0.1, 0.15) is 54.5 Å². The summed E-state index contributed by atoms with van der Waals surface area (Å²) in [6, 6.07) is 6.56. The summed E-state index contributed by atoms with van der Waals surface area (Å²) in [6.45, 7) is 9.58. The minimum Gasteiger partial charge on any atom is -0.507 e. The van der Waals surface area contributed by atoms with E-state index >= 15 is 0 Å². The Morgan fingerprint density at radius 1 is 1.33 bits per heavy atom. The number of thiazole rings is 1. The molecule has 0 atom stereocenters. The standard InChI is InChI=1S/C19H24N2O2S/c1-12-16(19(2,3)4)24-18(21(12)11-13-9-10-13)20-17(23)14-7-5-6-8-15(14)22/h5-8,13,22H,9-11H2,1-4H3. The maximum atomic E-state index is 12.5. The lowest BCUT2D eigenvalue weighted by Gasteiger charge is -2.17. The van der Waals surface area contributed by atoms with Crippen molar-refractivity contribution in [3.05, 3.63) is 45.2 Å². The third-order valence-corrected chi connectivity index (χ3v) is 5.91. The van der Waals surface area contributed by atoms with Crippen LogP contribution in [0.3, 0.4) is 0 Å². The minimum atomic E-state index is -0.389. The predicted octanol–water partition coefficient (Wildman–Crippen LogP) is 4.01. The zero-order valence-corrected chi connectivity index (χ0v) is 15.5. The number of para-hydroxylation sites is 1. The number of phenols is 1. The van der Waals surface area contributed by atoms with Crippen LogP contribution in [-0.2, 0) is 12.0 Å². The second-order valence-electron chi connectivity index (χ2n) is 7.54. The van der Waals surface area contributed by atoms with Gasteiger partial charge in [0.15, 0.2) is 4.80 Å². The molecule has 1 aliphatic carbocycles. The number of hydrogen-bond donors (Lipinski definition) is 1. The average molecular weight is 344 g/mol. The van der Waals surface area contributed by atoms with Crippen molar-refractivity contribution >= 4 is 17.2 Å². The molecule has 1 amide bonds. The van der Waals surface area contributed by atoms with E-state index in [0.29, 0.717) is 5.92 Å². The number of nitrogens with zero attached hydrogens (tertiary/aromatic N) is 2. The van der Waals surface area contributed by atoms with Crippen molar-refractivity contribution in [2.45, 2.75) is 52.5 Å². The van der Waals surface area contributed by atoms with Crippen LogP contribution in [0.15, 0.2) is 29.3 Å². The van der Waals surface area contributed by atoms with Crippen LogP contribution in [-0.4, -0.2) is 15.6 Å². The summed E-state index contributed by atoms with van der Waals surface area (Å²) in [7, 11) is 0. The first-order valence-electron chi connectivity index (χ1n) is 8.35. The van der Waals surface area contributed by atoms with Crippen molar-refractivity contribution in [3.63, 3.8) is 0 Å². The number of aromatic hydroxyl groups is 1. The Morgan fingerprint density at radius 2 is 2.00 bits per heavy atom. The average Bonchev–Trinajstić information content (AvgIpc) is 3.26. The molecule has 1 saturated carbocycles. The summed E-state index contributed by atoms with van der Waals surface area (Å²) >= 11 is 1.59. The second kappa shape index (κ2) is 6.20. The Balaban J connectivity index is 2.08. The highest BCUT2D eigenvalue weighted by atomic mass is 32.1. The first-order chi connectivity index (χ1) is 11.3. The second-order valence-corrected chi connectivity index (χ2v) is 8.51. The molecule has 1 N–H and O–H groups in total. The van der Waals surface area contributed by atoms with Gasteiger partial charge in [0.1, 0.15) is 5.75 Å². The maximum Gasteiger partial charge on any atom is 0.283 e. The van der Waals surface area contributed by atoms with E-state index in [4.69, 9.17) is 0 Å². The fraction of sp³-hybridized carbons (Fsp3) is 0.474. The quantitative estimate of drug-likeness (QED) is 0.914. The number of carbonyl (C=O) groups excluding carboxylic acids is 1. The zero-order valence-electron chi connectivity index (χ0n) is 14.7. The molecule has 3 rings (SSSR count). The molecule has 128 valence electrons. The Bertz CT molecular complexity index is 836. The van der Waals surface area contributed by atoms with Gasteiger partial charge >= 0.3 is 0 Å². The zero-order chi connectivity index (χ0) is 17.5. The van der Waals surface area contributed by atoms with Crippen LogP contribution in [0.25, 0.3) is 0 Å². The van der Waals surface area contributed by atoms with Gasteiger partial charge in [-0.2, -0.15) is 4.99 Å². The van der Waals surface area contributed by atoms with Crippen molar-refractivity contribution in [2.24, 2.45) is 10.9 Å². The van der Waals surface area contributed by atoms with Crippen LogP contribution >= 0.6 is 11.3 Å². The van der Waals surface area contributed by atoms with Crippen LogP contribution in [0.5, 0.6) is 5.75 Å². The molecule has 0 unspecified atom stereocenters. The fourth-order valence-corrected chi connectivity index (χ4v) is 4.04. The smallest absolute Gasteiger partial charge is 0.283 e. The summed E-state index contributed by atoms with van der Waals surface area (Å²) in [5.74, 6) is 0.286. The summed E-state index contributed by atoms with van der Waals surface area (Å²) in [6.07, 6.45) is 2.50. The van der Waals surface area contributed by atoms with Crippen LogP contribution in [0, 0.1) is 12.8 Å². The number of phenolic OH excluding ortho intramolecular Hbond substituents is 1. The van der Waals surface area contributed by atoms with Gasteiger partial charge < -0.3 is 9.67 Å². The van der Waals surface area contributed by atoms with Crippen LogP contribution in [0.4, 0.5) is 0 Å². The van der Waals surface area contributed by atoms with Crippen molar-refractivity contribution in [1.29, 1.82) is 0 Å². The SMILES string of the molecule is Cc1c(C(C)(C)C)sc(=NC(=O)c2ccccc2O)n1CC1CC1. The van der Waals surface area contributed by atoms with Gasteiger partial charge in [-0.3, -0.25) is 4.79 Å². The fourth-order valence-electron chi connectivity index (χ4n) is 2.84. The van der Waals surface area contributed by atoms with Gasteiger partial charge in [0.25, 0.3) is 5.91 Å². The number of benzene rings is 1. The summed E-state index contributed by atoms with van der Waals surface area (Å²) in [5.41, 5.74) is 1.47. The summed E-state index contributed by atoms with van der Waals surface area (Å²) in [5, 5.41) is 9.89. The molecule has 0 aliphatic heterocycles. The van der Waals surface area contributed by atoms with E-state index in [2.05, 4.69) is 37.3 Å². The molecule has 4 nitrogen and oxygen atoms in total. The normalized spacial score (nSPS) is 15.8. The molecule has 1 fully saturated rings. The lowest BCUT2D eigenvalue weighted by atomic mass is 9.93. The van der Waals surface area contributed by atoms with Gasteiger partial charge in [0.2, 0.25) is 0 Å². The molecule has 1 aromatic carbocycles. The number of amides is 1. The molecule has 0 saturated heterocycles. The first kappa shape index (κ1) is 17.0. The molecule has 0 bridgehead atoms. The van der Waals surface area contributed by atoms with Crippen molar-refractivity contribution in [3.8, 4) is 5.75 Å². The molecule has 2 aromatic rings. The lowest BCUT2D eigenvalue weighted by Crippen LogP contribution is -2.19. The monoisotopic (exact) mass is 344 g/mol. The van der Waals surface area contributed by atoms with E-state index in [1.807, 2.05) is 0 Å². The Morgan fingerprint density at radius 3 is 2.58 bits per heavy atom. The van der Waals surface area contributed by atoms with E-state index in [9.17, 15) is 9.90 Å². The van der Waals surface area contributed by atoms with Crippen molar-refractivity contribution in [1.82, 2.24) is 4.57 Å². The third kappa shape index (κ3) is 3.46. The Kier molecular flexibility index (Phi) is 4.38. The lowest BCUT2D eigenvalue weighted by molar-refractivity contribution is 0.0995. The van der Waals surface area contributed by atoms with Crippen LogP contribution < -0.4 is 4.80 Å². The summed E-state index contributed by atoms with van der Waals surface area (Å²) < 4.78 is 2.18. The van der Waals surface area contributed by atoms with E-state index < -0.39 is 0 Å². The van der Waals surface area contributed by atoms with E-state index in [1.54, 1.807) is 29.5 Å². The first-order valence-corrected chi connectivity index (χ1v) is 9.17. The van der Waals surface area contributed by atoms with E-state index in [0.717, 1.165) is 11.3 Å². The highest BCUT2D eigenvalue weighted by Gasteiger charge is 2.27. The van der Waals surface area contributed by atoms with Gasteiger partial charge in [0, 0.05) is 17.1 Å². The topological polar surface area (TPSA) is 54.6 Å². The maximum absolute atomic E-state index is 12.5. The highest BCUT2D eigenvalue weighted by molar-refractivity contribution is 7.09. The Labute approximate surface area is 146 Å². The van der Waals surface area contributed by atoms with Gasteiger partial charge in [-0.05, 0) is 43.2 Å². The minimum absolute atomic E-state index is 0.0196. The van der Waals surface area contributed by atoms with Crippen LogP contribution in [0.2, 0.25) is 0 Å². The Hall–Kier alpha value is -1.88. The van der Waals surface area contributed by atoms with Gasteiger partial charge in [-0.25, -0.2) is 0 Å². The van der Waals surface area contributed by atoms with E-state index in [1.165, 1.54) is 29.5 Å². The van der Waals surface area contributed by atoms with Crippen molar-refractivity contribution < 1.29 is 9.90 Å². The molecule has 24 heavy (non-hydrogen) atoms. The molecule has 1 heterocycles. The number of rotatable bonds is 3. The third-order valence-electron chi connectivity index (χ3n) is 4.31. The van der Waals surface area contributed by atoms with Gasteiger partial charge in [-0.15, -0.1) is 11.3 Å². The molecule has 0 radical (unpaired) electrons. The number of aromatic nitrogens is 1. The molecule has 1 aromatic heterocycles. The molecule has 1 aliphatic rings.